The first kappa shape index (κ1) is 19.8. The minimum atomic E-state index is -4.71. The molecule has 2 atom stereocenters. The van der Waals surface area contributed by atoms with Crippen molar-refractivity contribution in [3.63, 3.8) is 0 Å². The summed E-state index contributed by atoms with van der Waals surface area (Å²) in [5.41, 5.74) is 0. The van der Waals surface area contributed by atoms with Gasteiger partial charge in [0.1, 0.15) is 0 Å². The van der Waals surface area contributed by atoms with Gasteiger partial charge in [0.25, 0.3) is 0 Å². The standard InChI is InChI=1S/Na.H2O5S2.H2O3S2/c;1-6(2)7(3,4)5;1-5(2,3)4/h;(H,1,2)(H,3,4,5);(H2,1,2,3,4)/q+1;;/p-1. The van der Waals surface area contributed by atoms with E-state index >= 15 is 0 Å². The fourth-order valence-electron chi connectivity index (χ4n) is 0. The summed E-state index contributed by atoms with van der Waals surface area (Å²) < 4.78 is 68.3. The Morgan fingerprint density at radius 1 is 1.23 bits per heavy atom. The van der Waals surface area contributed by atoms with Crippen LogP contribution in [0.1, 0.15) is 0 Å². The van der Waals surface area contributed by atoms with Gasteiger partial charge in [-0.3, -0.25) is 9.11 Å². The molecule has 0 aromatic rings. The number of hydrogen-bond donors (Lipinski definition) is 3. The molecule has 0 rings (SSSR count). The van der Waals surface area contributed by atoms with Gasteiger partial charge in [-0.05, 0) is 11.2 Å². The zero-order valence-corrected chi connectivity index (χ0v) is 11.3. The van der Waals surface area contributed by atoms with Gasteiger partial charge < -0.3 is 9.11 Å². The van der Waals surface area contributed by atoms with E-state index in [0.29, 0.717) is 0 Å². The monoisotopic (exact) mass is 282 g/mol. The van der Waals surface area contributed by atoms with Gasteiger partial charge in [-0.25, -0.2) is 8.42 Å². The fraction of sp³-hybridized carbons (Fsp3) is 0. The molecule has 2 unspecified atom stereocenters. The van der Waals surface area contributed by atoms with E-state index < -0.39 is 28.3 Å². The Balaban J connectivity index is -0.000000150. The Morgan fingerprint density at radius 2 is 1.31 bits per heavy atom. The molecule has 76 valence electrons. The molecule has 0 aliphatic heterocycles. The summed E-state index contributed by atoms with van der Waals surface area (Å²) in [7, 11) is -12.0. The zero-order chi connectivity index (χ0) is 10.6. The summed E-state index contributed by atoms with van der Waals surface area (Å²) in [6.07, 6.45) is 0. The van der Waals surface area contributed by atoms with Crippen LogP contribution in [0, 0.1) is 0 Å². The van der Waals surface area contributed by atoms with Crippen molar-refractivity contribution in [1.82, 2.24) is 0 Å². The molecule has 8 nitrogen and oxygen atoms in total. The first-order chi connectivity index (χ1) is 4.94. The van der Waals surface area contributed by atoms with Gasteiger partial charge in [0.05, 0.1) is 9.05 Å². The summed E-state index contributed by atoms with van der Waals surface area (Å²) >= 11 is 3.35. The Labute approximate surface area is 103 Å². The van der Waals surface area contributed by atoms with E-state index in [1.807, 2.05) is 0 Å². The second-order valence-corrected chi connectivity index (χ2v) is 6.60. The van der Waals surface area contributed by atoms with E-state index in [2.05, 4.69) is 11.2 Å². The molecule has 0 bridgehead atoms. The number of rotatable bonds is 1. The Morgan fingerprint density at radius 3 is 1.31 bits per heavy atom. The Hall–Kier alpha value is 1.31. The van der Waals surface area contributed by atoms with Crippen LogP contribution >= 0.6 is 0 Å². The molecule has 0 spiro atoms. The quantitative estimate of drug-likeness (QED) is 0.186. The second-order valence-electron chi connectivity index (χ2n) is 1.07. The van der Waals surface area contributed by atoms with Crippen LogP contribution in [-0.4, -0.2) is 35.0 Å². The average molecular weight is 282 g/mol. The van der Waals surface area contributed by atoms with Crippen LogP contribution < -0.4 is 29.6 Å². The molecule has 0 fully saturated rings. The maximum Gasteiger partial charge on any atom is 1.00 e. The number of hydrogen-bond acceptors (Lipinski definition) is 6. The molecule has 0 amide bonds. The van der Waals surface area contributed by atoms with Gasteiger partial charge in [0.15, 0.2) is 0 Å². The molecule has 0 aliphatic carbocycles. The SMILES string of the molecule is O=S(O)S(=O)(=O)O.O=S([O-])(O)=S.[Na+]. The van der Waals surface area contributed by atoms with Gasteiger partial charge in [0.2, 0.25) is 0 Å². The minimum absolute atomic E-state index is 0. The van der Waals surface area contributed by atoms with Crippen LogP contribution in [0.15, 0.2) is 0 Å². The average Bonchev–Trinajstić information content (AvgIpc) is 1.55. The van der Waals surface area contributed by atoms with E-state index in [0.717, 1.165) is 0 Å². The van der Waals surface area contributed by atoms with Crippen molar-refractivity contribution >= 4 is 39.5 Å². The minimum Gasteiger partial charge on any atom is -0.748 e. The summed E-state index contributed by atoms with van der Waals surface area (Å²) in [6.45, 7) is 0. The van der Waals surface area contributed by atoms with E-state index in [1.54, 1.807) is 0 Å². The van der Waals surface area contributed by atoms with E-state index in [4.69, 9.17) is 22.4 Å². The van der Waals surface area contributed by atoms with Crippen molar-refractivity contribution in [2.75, 3.05) is 0 Å². The van der Waals surface area contributed by atoms with Crippen molar-refractivity contribution in [2.24, 2.45) is 0 Å². The molecular weight excluding hydrogens is 279 g/mol. The summed E-state index contributed by atoms with van der Waals surface area (Å²) in [5.74, 6) is 0. The first-order valence-electron chi connectivity index (χ1n) is 1.71. The van der Waals surface area contributed by atoms with Crippen LogP contribution in [0.2, 0.25) is 0 Å². The van der Waals surface area contributed by atoms with E-state index in [-0.39, 0.29) is 29.6 Å². The van der Waals surface area contributed by atoms with Crippen molar-refractivity contribution < 1.29 is 64.6 Å². The molecule has 0 heterocycles. The molecule has 13 heteroatoms. The summed E-state index contributed by atoms with van der Waals surface area (Å²) in [5, 5.41) is 0. The van der Waals surface area contributed by atoms with Gasteiger partial charge >= 0.3 is 48.8 Å². The maximum atomic E-state index is 9.34. The predicted octanol–water partition coefficient (Wildman–Crippen LogP) is -4.65. The molecule has 0 saturated carbocycles. The molecule has 0 aromatic carbocycles. The molecule has 0 aliphatic rings. The fourth-order valence-corrected chi connectivity index (χ4v) is 0. The molecular formula is H3NaO8S4. The van der Waals surface area contributed by atoms with E-state index in [1.165, 1.54) is 0 Å². The zero-order valence-electron chi connectivity index (χ0n) is 6.02. The third kappa shape index (κ3) is 31.9. The van der Waals surface area contributed by atoms with Gasteiger partial charge in [-0.1, -0.05) is 0 Å². The predicted molar refractivity (Wildman–Crippen MR) is 41.2 cm³/mol. The molecule has 0 saturated heterocycles. The van der Waals surface area contributed by atoms with Gasteiger partial charge in [-0.2, -0.15) is 8.42 Å². The van der Waals surface area contributed by atoms with E-state index in [9.17, 15) is 12.6 Å². The van der Waals surface area contributed by atoms with Crippen LogP contribution in [-0.2, 0) is 39.5 Å². The normalized spacial score (nSPS) is 16.9. The summed E-state index contributed by atoms with van der Waals surface area (Å²) in [6, 6.07) is 0. The largest absolute Gasteiger partial charge is 1.00 e. The topological polar surface area (TPSA) is 152 Å². The molecule has 13 heavy (non-hydrogen) atoms. The van der Waals surface area contributed by atoms with Crippen LogP contribution in [0.5, 0.6) is 0 Å². The molecule has 0 aromatic heterocycles. The van der Waals surface area contributed by atoms with Crippen molar-refractivity contribution in [1.29, 1.82) is 0 Å². The first-order valence-corrected chi connectivity index (χ1v) is 7.14. The maximum absolute atomic E-state index is 9.34. The van der Waals surface area contributed by atoms with Gasteiger partial charge in [-0.15, -0.1) is 0 Å². The Bertz CT molecular complexity index is 324. The van der Waals surface area contributed by atoms with Crippen molar-refractivity contribution in [3.8, 4) is 0 Å². The summed E-state index contributed by atoms with van der Waals surface area (Å²) in [4.78, 5) is 0. The van der Waals surface area contributed by atoms with Crippen LogP contribution in [0.25, 0.3) is 0 Å². The third-order valence-electron chi connectivity index (χ3n) is 0.180. The van der Waals surface area contributed by atoms with Crippen LogP contribution in [0.4, 0.5) is 0 Å². The van der Waals surface area contributed by atoms with Crippen molar-refractivity contribution in [3.05, 3.63) is 0 Å². The van der Waals surface area contributed by atoms with Crippen LogP contribution in [0.3, 0.4) is 0 Å². The molecule has 0 radical (unpaired) electrons. The van der Waals surface area contributed by atoms with Gasteiger partial charge in [0, 0.05) is 0 Å². The molecule has 3 N–H and O–H groups in total. The smallest absolute Gasteiger partial charge is 0.748 e. The second kappa shape index (κ2) is 7.58. The Kier molecular flexibility index (Phi) is 11.6. The van der Waals surface area contributed by atoms with Crippen molar-refractivity contribution in [2.45, 2.75) is 0 Å². The third-order valence-corrected chi connectivity index (χ3v) is 1.62.